The van der Waals surface area contributed by atoms with Crippen LogP contribution < -0.4 is 5.32 Å². The number of nitrogens with one attached hydrogen (secondary N) is 1. The van der Waals surface area contributed by atoms with Gasteiger partial charge in [0.25, 0.3) is 0 Å². The fraction of sp³-hybridized carbons (Fsp3) is 0.692. The largest absolute Gasteiger partial charge is 0.317 e. The second-order valence-corrected chi connectivity index (χ2v) is 5.51. The summed E-state index contributed by atoms with van der Waals surface area (Å²) >= 11 is 7.82. The van der Waals surface area contributed by atoms with Crippen LogP contribution in [0.25, 0.3) is 0 Å². The third kappa shape index (κ3) is 5.88. The highest BCUT2D eigenvalue weighted by atomic mass is 35.5. The van der Waals surface area contributed by atoms with Crippen LogP contribution in [-0.2, 0) is 6.42 Å². The molecule has 0 atom stereocenters. The van der Waals surface area contributed by atoms with Crippen LogP contribution in [0.3, 0.4) is 0 Å². The van der Waals surface area contributed by atoms with Crippen molar-refractivity contribution in [1.29, 1.82) is 0 Å². The van der Waals surface area contributed by atoms with E-state index in [4.69, 9.17) is 11.6 Å². The van der Waals surface area contributed by atoms with Gasteiger partial charge in [-0.15, -0.1) is 11.3 Å². The van der Waals surface area contributed by atoms with Crippen molar-refractivity contribution in [2.45, 2.75) is 45.4 Å². The van der Waals surface area contributed by atoms with E-state index in [1.54, 1.807) is 11.3 Å². The van der Waals surface area contributed by atoms with Crippen LogP contribution in [0.1, 0.15) is 43.9 Å². The summed E-state index contributed by atoms with van der Waals surface area (Å²) in [5.74, 6) is 0. The van der Waals surface area contributed by atoms with Crippen LogP contribution in [0.15, 0.2) is 11.4 Å². The minimum atomic E-state index is 0.953. The molecule has 1 aromatic heterocycles. The normalized spacial score (nSPS) is 10.9. The first-order valence-electron chi connectivity index (χ1n) is 6.27. The lowest BCUT2D eigenvalue weighted by Crippen LogP contribution is -2.15. The monoisotopic (exact) mass is 259 g/mol. The molecule has 0 spiro atoms. The lowest BCUT2D eigenvalue weighted by Gasteiger charge is -2.03. The molecule has 3 heteroatoms. The summed E-state index contributed by atoms with van der Waals surface area (Å²) in [4.78, 5) is 1.35. The van der Waals surface area contributed by atoms with E-state index >= 15 is 0 Å². The Kier molecular flexibility index (Phi) is 7.91. The maximum absolute atomic E-state index is 6.04. The number of halogens is 1. The Hall–Kier alpha value is -0.0500. The summed E-state index contributed by atoms with van der Waals surface area (Å²) in [6.45, 7) is 4.54. The molecule has 16 heavy (non-hydrogen) atoms. The number of rotatable bonds is 9. The van der Waals surface area contributed by atoms with Crippen molar-refractivity contribution in [1.82, 2.24) is 5.32 Å². The zero-order valence-corrected chi connectivity index (χ0v) is 11.7. The average molecular weight is 260 g/mol. The smallest absolute Gasteiger partial charge is 0.0544 e. The molecule has 0 aliphatic carbocycles. The Bertz CT molecular complexity index is 273. The lowest BCUT2D eigenvalue weighted by atomic mass is 10.1. The first kappa shape index (κ1) is 14.0. The van der Waals surface area contributed by atoms with Crippen LogP contribution >= 0.6 is 22.9 Å². The number of hydrogen-bond acceptors (Lipinski definition) is 2. The highest BCUT2D eigenvalue weighted by Gasteiger charge is 2.00. The summed E-state index contributed by atoms with van der Waals surface area (Å²) in [6.07, 6.45) is 7.61. The maximum Gasteiger partial charge on any atom is 0.0544 e. The molecule has 0 saturated heterocycles. The molecule has 0 radical (unpaired) electrons. The molecule has 0 amide bonds. The third-order valence-corrected chi connectivity index (χ3v) is 4.07. The van der Waals surface area contributed by atoms with Crippen LogP contribution in [0.5, 0.6) is 0 Å². The first-order chi connectivity index (χ1) is 7.84. The molecule has 0 bridgehead atoms. The molecule has 1 aromatic rings. The van der Waals surface area contributed by atoms with E-state index in [-0.39, 0.29) is 0 Å². The molecule has 0 fully saturated rings. The number of unbranched alkanes of at least 4 members (excludes halogenated alkanes) is 3. The summed E-state index contributed by atoms with van der Waals surface area (Å²) in [7, 11) is 0. The van der Waals surface area contributed by atoms with Crippen molar-refractivity contribution in [2.24, 2.45) is 0 Å². The summed E-state index contributed by atoms with van der Waals surface area (Å²) in [5, 5.41) is 6.46. The van der Waals surface area contributed by atoms with E-state index in [0.717, 1.165) is 18.0 Å². The van der Waals surface area contributed by atoms with Gasteiger partial charge in [-0.05, 0) is 50.2 Å². The molecule has 1 nitrogen and oxygen atoms in total. The van der Waals surface area contributed by atoms with E-state index in [1.807, 2.05) is 6.07 Å². The van der Waals surface area contributed by atoms with E-state index in [0.29, 0.717) is 0 Å². The first-order valence-corrected chi connectivity index (χ1v) is 7.53. The Labute approximate surface area is 108 Å². The van der Waals surface area contributed by atoms with Crippen LogP contribution in [0.4, 0.5) is 0 Å². The number of aryl methyl sites for hydroxylation is 1. The molecular formula is C13H22ClNS. The minimum absolute atomic E-state index is 0.953. The van der Waals surface area contributed by atoms with Crippen LogP contribution in [0, 0.1) is 0 Å². The van der Waals surface area contributed by atoms with Crippen molar-refractivity contribution >= 4 is 22.9 Å². The second-order valence-electron chi connectivity index (χ2n) is 4.11. The quantitative estimate of drug-likeness (QED) is 0.644. The van der Waals surface area contributed by atoms with Crippen molar-refractivity contribution in [3.05, 3.63) is 21.3 Å². The van der Waals surface area contributed by atoms with Crippen molar-refractivity contribution in [3.63, 3.8) is 0 Å². The fourth-order valence-corrected chi connectivity index (χ4v) is 2.87. The van der Waals surface area contributed by atoms with Gasteiger partial charge in [-0.1, -0.05) is 31.4 Å². The minimum Gasteiger partial charge on any atom is -0.317 e. The molecule has 92 valence electrons. The van der Waals surface area contributed by atoms with Gasteiger partial charge < -0.3 is 5.32 Å². The molecule has 1 heterocycles. The molecule has 1 N–H and O–H groups in total. The van der Waals surface area contributed by atoms with Gasteiger partial charge in [-0.3, -0.25) is 0 Å². The van der Waals surface area contributed by atoms with Gasteiger partial charge in [-0.25, -0.2) is 0 Å². The molecule has 0 saturated carbocycles. The Balaban J connectivity index is 1.91. The highest BCUT2D eigenvalue weighted by molar-refractivity contribution is 7.10. The Morgan fingerprint density at radius 2 is 2.00 bits per heavy atom. The molecule has 0 aromatic carbocycles. The van der Waals surface area contributed by atoms with Crippen molar-refractivity contribution in [3.8, 4) is 0 Å². The summed E-state index contributed by atoms with van der Waals surface area (Å²) in [5.41, 5.74) is 0. The van der Waals surface area contributed by atoms with Gasteiger partial charge in [0.1, 0.15) is 0 Å². The van der Waals surface area contributed by atoms with Gasteiger partial charge in [-0.2, -0.15) is 0 Å². The fourth-order valence-electron chi connectivity index (χ4n) is 1.69. The lowest BCUT2D eigenvalue weighted by molar-refractivity contribution is 0.585. The topological polar surface area (TPSA) is 12.0 Å². The second kappa shape index (κ2) is 9.03. The Morgan fingerprint density at radius 1 is 1.19 bits per heavy atom. The SMILES string of the molecule is CCCNCCCCCCc1sccc1Cl. The Morgan fingerprint density at radius 3 is 2.69 bits per heavy atom. The highest BCUT2D eigenvalue weighted by Crippen LogP contribution is 2.23. The van der Waals surface area contributed by atoms with Gasteiger partial charge in [0.05, 0.1) is 5.02 Å². The predicted molar refractivity (Wildman–Crippen MR) is 74.7 cm³/mol. The maximum atomic E-state index is 6.04. The van der Waals surface area contributed by atoms with E-state index < -0.39 is 0 Å². The van der Waals surface area contributed by atoms with Gasteiger partial charge in [0, 0.05) is 4.88 Å². The third-order valence-electron chi connectivity index (χ3n) is 2.63. The molecular weight excluding hydrogens is 238 g/mol. The zero-order chi connectivity index (χ0) is 11.6. The van der Waals surface area contributed by atoms with E-state index in [9.17, 15) is 0 Å². The summed E-state index contributed by atoms with van der Waals surface area (Å²) in [6, 6.07) is 2.00. The van der Waals surface area contributed by atoms with Crippen LogP contribution in [0.2, 0.25) is 5.02 Å². The van der Waals surface area contributed by atoms with E-state index in [2.05, 4.69) is 17.6 Å². The van der Waals surface area contributed by atoms with Crippen molar-refractivity contribution in [2.75, 3.05) is 13.1 Å². The standard InChI is InChI=1S/C13H22ClNS/c1-2-9-15-10-6-4-3-5-7-13-12(14)8-11-16-13/h8,11,15H,2-7,9-10H2,1H3. The molecule has 0 aliphatic rings. The van der Waals surface area contributed by atoms with Gasteiger partial charge in [0.15, 0.2) is 0 Å². The van der Waals surface area contributed by atoms with Crippen molar-refractivity contribution < 1.29 is 0 Å². The van der Waals surface area contributed by atoms with Gasteiger partial charge >= 0.3 is 0 Å². The molecule has 0 unspecified atom stereocenters. The average Bonchev–Trinajstić information content (AvgIpc) is 2.68. The molecule has 1 rings (SSSR count). The predicted octanol–water partition coefficient (Wildman–Crippen LogP) is 4.50. The van der Waals surface area contributed by atoms with E-state index in [1.165, 1.54) is 43.5 Å². The summed E-state index contributed by atoms with van der Waals surface area (Å²) < 4.78 is 0. The van der Waals surface area contributed by atoms with Crippen LogP contribution in [-0.4, -0.2) is 13.1 Å². The number of hydrogen-bond donors (Lipinski definition) is 1. The molecule has 0 aliphatic heterocycles. The zero-order valence-electron chi connectivity index (χ0n) is 10.1. The van der Waals surface area contributed by atoms with Gasteiger partial charge in [0.2, 0.25) is 0 Å². The number of thiophene rings is 1.